The fraction of sp³-hybridized carbons (Fsp3) is 0.667. The number of carbonyl (C=O) groups is 2. The number of benzene rings is 1. The number of amides is 2. The molecule has 2 rings (SSSR count). The lowest BCUT2D eigenvalue weighted by Crippen LogP contribution is -2.34. The summed E-state index contributed by atoms with van der Waals surface area (Å²) in [4.78, 5) is 27.4. The highest BCUT2D eigenvalue weighted by Gasteiger charge is 2.51. The molecular weight excluding hydrogens is 366 g/mol. The maximum absolute atomic E-state index is 13.1. The van der Waals surface area contributed by atoms with Gasteiger partial charge in [-0.3, -0.25) is 14.5 Å². The lowest BCUT2D eigenvalue weighted by Gasteiger charge is -2.28. The molecule has 1 aromatic rings. The van der Waals surface area contributed by atoms with E-state index < -0.39 is 0 Å². The van der Waals surface area contributed by atoms with Gasteiger partial charge in [-0.1, -0.05) is 41.5 Å². The molecule has 0 spiro atoms. The Labute approximate surface area is 175 Å². The van der Waals surface area contributed by atoms with E-state index >= 15 is 0 Å². The highest BCUT2D eigenvalue weighted by atomic mass is 16.7. The van der Waals surface area contributed by atoms with Gasteiger partial charge in [0, 0.05) is 6.42 Å². The van der Waals surface area contributed by atoms with E-state index in [0.717, 1.165) is 6.42 Å². The second-order valence-electron chi connectivity index (χ2n) is 9.73. The fourth-order valence-corrected chi connectivity index (χ4v) is 4.01. The summed E-state index contributed by atoms with van der Waals surface area (Å²) in [5.74, 6) is 0.326. The molecule has 0 bridgehead atoms. The van der Waals surface area contributed by atoms with Crippen LogP contribution in [-0.2, 0) is 14.3 Å². The smallest absolute Gasteiger partial charge is 0.238 e. The van der Waals surface area contributed by atoms with Crippen molar-refractivity contribution in [1.82, 2.24) is 0 Å². The fourth-order valence-electron chi connectivity index (χ4n) is 4.01. The number of imide groups is 1. The van der Waals surface area contributed by atoms with Crippen LogP contribution in [0.15, 0.2) is 24.3 Å². The molecule has 3 unspecified atom stereocenters. The topological polar surface area (TPSA) is 55.8 Å². The first-order chi connectivity index (χ1) is 13.5. The van der Waals surface area contributed by atoms with Gasteiger partial charge >= 0.3 is 0 Å². The molecule has 1 saturated heterocycles. The summed E-state index contributed by atoms with van der Waals surface area (Å²) in [6.07, 6.45) is 1.19. The monoisotopic (exact) mass is 403 g/mol. The van der Waals surface area contributed by atoms with Gasteiger partial charge in [0.2, 0.25) is 11.8 Å². The molecule has 0 radical (unpaired) electrons. The maximum Gasteiger partial charge on any atom is 0.238 e. The molecule has 1 fully saturated rings. The Bertz CT molecular complexity index is 693. The van der Waals surface area contributed by atoms with Crippen molar-refractivity contribution in [2.45, 2.75) is 80.6 Å². The van der Waals surface area contributed by atoms with Crippen molar-refractivity contribution in [3.63, 3.8) is 0 Å². The molecule has 3 atom stereocenters. The Kier molecular flexibility index (Phi) is 7.50. The van der Waals surface area contributed by atoms with Gasteiger partial charge in [-0.05, 0) is 55.9 Å². The zero-order valence-electron chi connectivity index (χ0n) is 19.2. The van der Waals surface area contributed by atoms with E-state index in [1.807, 2.05) is 41.5 Å². The first kappa shape index (κ1) is 23.4. The van der Waals surface area contributed by atoms with Crippen LogP contribution in [0, 0.1) is 23.2 Å². The van der Waals surface area contributed by atoms with Crippen LogP contribution in [0.2, 0.25) is 0 Å². The third kappa shape index (κ3) is 5.59. The summed E-state index contributed by atoms with van der Waals surface area (Å²) in [5.41, 5.74) is 0.339. The van der Waals surface area contributed by atoms with Gasteiger partial charge in [0.1, 0.15) is 5.75 Å². The third-order valence-corrected chi connectivity index (χ3v) is 5.25. The summed E-state index contributed by atoms with van der Waals surface area (Å²) in [5, 5.41) is 0. The number of rotatable bonds is 8. The Morgan fingerprint density at radius 1 is 1.00 bits per heavy atom. The van der Waals surface area contributed by atoms with E-state index in [1.54, 1.807) is 24.3 Å². The SMILES string of the molecule is CCC1C(=O)N(c2ccc(OC(CC(C)C)OC(C)C)cc2)C(=O)C1C(C)(C)C. The number of anilines is 1. The zero-order chi connectivity index (χ0) is 21.9. The number of hydrogen-bond donors (Lipinski definition) is 0. The largest absolute Gasteiger partial charge is 0.465 e. The van der Waals surface area contributed by atoms with Gasteiger partial charge < -0.3 is 9.47 Å². The zero-order valence-corrected chi connectivity index (χ0v) is 19.2. The first-order valence-corrected chi connectivity index (χ1v) is 10.8. The van der Waals surface area contributed by atoms with Crippen molar-refractivity contribution in [2.75, 3.05) is 4.90 Å². The van der Waals surface area contributed by atoms with Crippen molar-refractivity contribution in [2.24, 2.45) is 23.2 Å². The molecule has 0 saturated carbocycles. The molecule has 162 valence electrons. The highest BCUT2D eigenvalue weighted by Crippen LogP contribution is 2.42. The van der Waals surface area contributed by atoms with Crippen molar-refractivity contribution in [3.8, 4) is 5.75 Å². The molecule has 1 aliphatic heterocycles. The maximum atomic E-state index is 13.1. The molecule has 2 amide bonds. The standard InChI is InChI=1S/C24H37NO4/c1-9-19-21(24(6,7)8)23(27)25(22(19)26)17-10-12-18(13-11-17)29-20(14-15(2)3)28-16(4)5/h10-13,15-16,19-21H,9,14H2,1-8H3. The third-order valence-electron chi connectivity index (χ3n) is 5.25. The summed E-state index contributed by atoms with van der Waals surface area (Å²) in [6.45, 7) is 16.3. The van der Waals surface area contributed by atoms with Crippen molar-refractivity contribution in [1.29, 1.82) is 0 Å². The Morgan fingerprint density at radius 3 is 2.00 bits per heavy atom. The van der Waals surface area contributed by atoms with Gasteiger partial charge in [0.25, 0.3) is 0 Å². The predicted molar refractivity (Wildman–Crippen MR) is 116 cm³/mol. The second kappa shape index (κ2) is 9.29. The van der Waals surface area contributed by atoms with Crippen LogP contribution in [0.5, 0.6) is 5.75 Å². The Balaban J connectivity index is 2.20. The highest BCUT2D eigenvalue weighted by molar-refractivity contribution is 6.22. The number of carbonyl (C=O) groups excluding carboxylic acids is 2. The second-order valence-corrected chi connectivity index (χ2v) is 9.73. The van der Waals surface area contributed by atoms with Gasteiger partial charge in [-0.2, -0.15) is 0 Å². The Morgan fingerprint density at radius 2 is 1.59 bits per heavy atom. The minimum Gasteiger partial charge on any atom is -0.465 e. The molecule has 0 aromatic heterocycles. The molecule has 5 nitrogen and oxygen atoms in total. The predicted octanol–water partition coefficient (Wildman–Crippen LogP) is 5.42. The van der Waals surface area contributed by atoms with Gasteiger partial charge in [0.05, 0.1) is 23.6 Å². The number of hydrogen-bond acceptors (Lipinski definition) is 4. The molecule has 29 heavy (non-hydrogen) atoms. The van der Waals surface area contributed by atoms with E-state index in [9.17, 15) is 9.59 Å². The molecule has 1 aromatic carbocycles. The van der Waals surface area contributed by atoms with Gasteiger partial charge in [-0.25, -0.2) is 0 Å². The first-order valence-electron chi connectivity index (χ1n) is 10.8. The van der Waals surface area contributed by atoms with E-state index in [1.165, 1.54) is 4.90 Å². The van der Waals surface area contributed by atoms with E-state index in [0.29, 0.717) is 23.8 Å². The normalized spacial score (nSPS) is 21.4. The van der Waals surface area contributed by atoms with Crippen LogP contribution in [0.25, 0.3) is 0 Å². The van der Waals surface area contributed by atoms with Gasteiger partial charge in [0.15, 0.2) is 6.29 Å². The molecule has 0 aliphatic carbocycles. The molecular formula is C24H37NO4. The van der Waals surface area contributed by atoms with E-state index in [-0.39, 0.29) is 41.5 Å². The van der Waals surface area contributed by atoms with E-state index in [2.05, 4.69) is 13.8 Å². The quantitative estimate of drug-likeness (QED) is 0.429. The number of ether oxygens (including phenoxy) is 2. The lowest BCUT2D eigenvalue weighted by molar-refractivity contribution is -0.124. The summed E-state index contributed by atoms with van der Waals surface area (Å²) in [6, 6.07) is 7.17. The molecule has 5 heteroatoms. The minimum atomic E-state index is -0.328. The van der Waals surface area contributed by atoms with Crippen LogP contribution in [0.3, 0.4) is 0 Å². The lowest BCUT2D eigenvalue weighted by atomic mass is 9.73. The van der Waals surface area contributed by atoms with Crippen LogP contribution in [-0.4, -0.2) is 24.2 Å². The average molecular weight is 404 g/mol. The summed E-state index contributed by atoms with van der Waals surface area (Å²) in [7, 11) is 0. The van der Waals surface area contributed by atoms with Crippen LogP contribution >= 0.6 is 0 Å². The Hall–Kier alpha value is -1.88. The minimum absolute atomic E-state index is 0.0678. The van der Waals surface area contributed by atoms with Crippen LogP contribution < -0.4 is 9.64 Å². The van der Waals surface area contributed by atoms with Crippen LogP contribution in [0.4, 0.5) is 5.69 Å². The van der Waals surface area contributed by atoms with Crippen molar-refractivity contribution in [3.05, 3.63) is 24.3 Å². The summed E-state index contributed by atoms with van der Waals surface area (Å²) >= 11 is 0. The average Bonchev–Trinajstić information content (AvgIpc) is 2.84. The van der Waals surface area contributed by atoms with Gasteiger partial charge in [-0.15, -0.1) is 0 Å². The van der Waals surface area contributed by atoms with Crippen LogP contribution in [0.1, 0.15) is 68.2 Å². The van der Waals surface area contributed by atoms with E-state index in [4.69, 9.17) is 9.47 Å². The van der Waals surface area contributed by atoms with Crippen molar-refractivity contribution >= 4 is 17.5 Å². The molecule has 1 aliphatic rings. The summed E-state index contributed by atoms with van der Waals surface area (Å²) < 4.78 is 11.9. The molecule has 0 N–H and O–H groups in total. The van der Waals surface area contributed by atoms with Crippen molar-refractivity contribution < 1.29 is 19.1 Å². The number of nitrogens with zero attached hydrogens (tertiary/aromatic N) is 1. The molecule has 1 heterocycles.